The molecule has 7 heteroatoms. The van der Waals surface area contributed by atoms with Crippen LogP contribution >= 0.6 is 0 Å². The van der Waals surface area contributed by atoms with E-state index in [9.17, 15) is 4.79 Å². The molecule has 0 N–H and O–H groups in total. The van der Waals surface area contributed by atoms with Crippen LogP contribution in [0.2, 0.25) is 0 Å². The molecule has 3 heterocycles. The summed E-state index contributed by atoms with van der Waals surface area (Å²) in [5.41, 5.74) is 1.02. The second kappa shape index (κ2) is 5.73. The Hall–Kier alpha value is -2.28. The molecule has 4 rings (SSSR count). The highest BCUT2D eigenvalue weighted by molar-refractivity contribution is 5.77. The van der Waals surface area contributed by atoms with Crippen molar-refractivity contribution in [3.63, 3.8) is 0 Å². The number of carbonyl (C=O) groups excluding carboxylic acids is 1. The van der Waals surface area contributed by atoms with Crippen LogP contribution < -0.4 is 0 Å². The Balaban J connectivity index is 1.56. The second-order valence-electron chi connectivity index (χ2n) is 6.39. The quantitative estimate of drug-likeness (QED) is 0.851. The van der Waals surface area contributed by atoms with Gasteiger partial charge in [0.15, 0.2) is 5.82 Å². The van der Waals surface area contributed by atoms with E-state index in [0.717, 1.165) is 38.3 Å². The Kier molecular flexibility index (Phi) is 3.57. The Labute approximate surface area is 134 Å². The van der Waals surface area contributed by atoms with Gasteiger partial charge in [0.25, 0.3) is 0 Å². The molecule has 2 aromatic rings. The number of aromatic nitrogens is 4. The number of para-hydroxylation sites is 1. The predicted molar refractivity (Wildman–Crippen MR) is 81.7 cm³/mol. The highest BCUT2D eigenvalue weighted by Crippen LogP contribution is 2.38. The molecule has 0 radical (unpaired) electrons. The Morgan fingerprint density at radius 3 is 2.87 bits per heavy atom. The van der Waals surface area contributed by atoms with Crippen molar-refractivity contribution >= 4 is 5.91 Å². The van der Waals surface area contributed by atoms with Crippen molar-refractivity contribution in [2.24, 2.45) is 5.41 Å². The van der Waals surface area contributed by atoms with Gasteiger partial charge in [-0.3, -0.25) is 4.79 Å². The van der Waals surface area contributed by atoms with Gasteiger partial charge in [0.05, 0.1) is 18.8 Å². The van der Waals surface area contributed by atoms with E-state index in [-0.39, 0.29) is 11.3 Å². The first-order chi connectivity index (χ1) is 11.3. The van der Waals surface area contributed by atoms with Crippen LogP contribution in [0.4, 0.5) is 0 Å². The Morgan fingerprint density at radius 2 is 2.09 bits per heavy atom. The first kappa shape index (κ1) is 14.3. The van der Waals surface area contributed by atoms with Crippen LogP contribution in [0, 0.1) is 5.41 Å². The first-order valence-corrected chi connectivity index (χ1v) is 7.94. The SMILES string of the molecule is O=C1CC[C@]2(CCOC2)CN1Cc1nnnn1-c1ccccc1. The fourth-order valence-electron chi connectivity index (χ4n) is 3.46. The molecule has 1 aromatic carbocycles. The number of carbonyl (C=O) groups is 1. The van der Waals surface area contributed by atoms with Gasteiger partial charge >= 0.3 is 0 Å². The maximum atomic E-state index is 12.3. The van der Waals surface area contributed by atoms with Crippen LogP contribution in [-0.4, -0.2) is 50.8 Å². The van der Waals surface area contributed by atoms with Gasteiger partial charge in [-0.25, -0.2) is 0 Å². The van der Waals surface area contributed by atoms with Gasteiger partial charge in [-0.2, -0.15) is 4.68 Å². The topological polar surface area (TPSA) is 73.1 Å². The third-order valence-electron chi connectivity index (χ3n) is 4.80. The maximum Gasteiger partial charge on any atom is 0.223 e. The van der Waals surface area contributed by atoms with Crippen LogP contribution in [0.3, 0.4) is 0 Å². The lowest BCUT2D eigenvalue weighted by molar-refractivity contribution is -0.138. The largest absolute Gasteiger partial charge is 0.381 e. The molecule has 2 aliphatic heterocycles. The normalized spacial score (nSPS) is 24.5. The molecule has 120 valence electrons. The van der Waals surface area contributed by atoms with Gasteiger partial charge in [-0.1, -0.05) is 18.2 Å². The summed E-state index contributed by atoms with van der Waals surface area (Å²) in [4.78, 5) is 14.2. The first-order valence-electron chi connectivity index (χ1n) is 7.94. The van der Waals surface area contributed by atoms with Crippen molar-refractivity contribution in [2.45, 2.75) is 25.8 Å². The average Bonchev–Trinajstić information content (AvgIpc) is 3.22. The number of likely N-dealkylation sites (tertiary alicyclic amines) is 1. The molecule has 1 spiro atoms. The summed E-state index contributed by atoms with van der Waals surface area (Å²) in [6, 6.07) is 9.73. The molecule has 1 aromatic heterocycles. The lowest BCUT2D eigenvalue weighted by Gasteiger charge is -2.38. The molecule has 2 saturated heterocycles. The molecule has 0 bridgehead atoms. The molecule has 0 aliphatic carbocycles. The van der Waals surface area contributed by atoms with Crippen molar-refractivity contribution < 1.29 is 9.53 Å². The zero-order valence-electron chi connectivity index (χ0n) is 12.9. The summed E-state index contributed by atoms with van der Waals surface area (Å²) in [5, 5.41) is 12.0. The fraction of sp³-hybridized carbons (Fsp3) is 0.500. The standard InChI is InChI=1S/C16H19N5O2/c22-15-6-7-16(8-9-23-12-16)11-20(15)10-14-17-18-19-21(14)13-4-2-1-3-5-13/h1-5H,6-12H2/t16-/m0/s1. The van der Waals surface area contributed by atoms with Crippen molar-refractivity contribution in [1.29, 1.82) is 0 Å². The smallest absolute Gasteiger partial charge is 0.223 e. The number of tetrazole rings is 1. The molecule has 1 atom stereocenters. The molecule has 0 saturated carbocycles. The summed E-state index contributed by atoms with van der Waals surface area (Å²) in [6.07, 6.45) is 2.53. The number of nitrogens with zero attached hydrogens (tertiary/aromatic N) is 5. The summed E-state index contributed by atoms with van der Waals surface area (Å²) in [5.74, 6) is 0.852. The molecule has 7 nitrogen and oxygen atoms in total. The second-order valence-corrected chi connectivity index (χ2v) is 6.39. The van der Waals surface area contributed by atoms with Gasteiger partial charge < -0.3 is 9.64 Å². The molecular formula is C16H19N5O2. The third kappa shape index (κ3) is 2.72. The Morgan fingerprint density at radius 1 is 1.22 bits per heavy atom. The predicted octanol–water partition coefficient (Wildman–Crippen LogP) is 1.19. The van der Waals surface area contributed by atoms with Crippen molar-refractivity contribution in [1.82, 2.24) is 25.1 Å². The number of hydrogen-bond donors (Lipinski definition) is 0. The van der Waals surface area contributed by atoms with E-state index in [0.29, 0.717) is 18.8 Å². The highest BCUT2D eigenvalue weighted by atomic mass is 16.5. The summed E-state index contributed by atoms with van der Waals surface area (Å²) in [6.45, 7) is 2.71. The summed E-state index contributed by atoms with van der Waals surface area (Å²) in [7, 11) is 0. The van der Waals surface area contributed by atoms with E-state index in [2.05, 4.69) is 15.5 Å². The van der Waals surface area contributed by atoms with Crippen molar-refractivity contribution in [2.75, 3.05) is 19.8 Å². The van der Waals surface area contributed by atoms with Gasteiger partial charge in [0.2, 0.25) is 5.91 Å². The van der Waals surface area contributed by atoms with E-state index in [1.807, 2.05) is 35.2 Å². The average molecular weight is 313 g/mol. The monoisotopic (exact) mass is 313 g/mol. The van der Waals surface area contributed by atoms with Crippen molar-refractivity contribution in [3.8, 4) is 5.69 Å². The number of benzene rings is 1. The lowest BCUT2D eigenvalue weighted by atomic mass is 9.79. The van der Waals surface area contributed by atoms with Gasteiger partial charge in [0, 0.05) is 25.0 Å². The van der Waals surface area contributed by atoms with E-state index in [1.54, 1.807) is 4.68 Å². The van der Waals surface area contributed by atoms with Crippen LogP contribution in [0.5, 0.6) is 0 Å². The van der Waals surface area contributed by atoms with Gasteiger partial charge in [-0.05, 0) is 35.4 Å². The maximum absolute atomic E-state index is 12.3. The summed E-state index contributed by atoms with van der Waals surface area (Å²) < 4.78 is 7.26. The van der Waals surface area contributed by atoms with Crippen molar-refractivity contribution in [3.05, 3.63) is 36.2 Å². The third-order valence-corrected chi connectivity index (χ3v) is 4.80. The number of rotatable bonds is 3. The molecule has 2 fully saturated rings. The fourth-order valence-corrected chi connectivity index (χ4v) is 3.46. The van der Waals surface area contributed by atoms with E-state index >= 15 is 0 Å². The highest BCUT2D eigenvalue weighted by Gasteiger charge is 2.41. The molecule has 2 aliphatic rings. The number of hydrogen-bond acceptors (Lipinski definition) is 5. The van der Waals surface area contributed by atoms with Crippen LogP contribution in [0.25, 0.3) is 5.69 Å². The molecule has 1 amide bonds. The number of piperidine rings is 1. The minimum absolute atomic E-state index is 0.124. The number of amides is 1. The minimum Gasteiger partial charge on any atom is -0.381 e. The minimum atomic E-state index is 0.124. The lowest BCUT2D eigenvalue weighted by Crippen LogP contribution is -2.46. The summed E-state index contributed by atoms with van der Waals surface area (Å²) >= 11 is 0. The van der Waals surface area contributed by atoms with Gasteiger partial charge in [-0.15, -0.1) is 5.10 Å². The zero-order chi connectivity index (χ0) is 15.7. The number of ether oxygens (including phenoxy) is 1. The van der Waals surface area contributed by atoms with Crippen LogP contribution in [0.1, 0.15) is 25.1 Å². The Bertz CT molecular complexity index is 694. The molecule has 23 heavy (non-hydrogen) atoms. The van der Waals surface area contributed by atoms with Crippen LogP contribution in [-0.2, 0) is 16.1 Å². The molecule has 0 unspecified atom stereocenters. The van der Waals surface area contributed by atoms with Gasteiger partial charge in [0.1, 0.15) is 0 Å². The zero-order valence-corrected chi connectivity index (χ0v) is 12.9. The van der Waals surface area contributed by atoms with Crippen LogP contribution in [0.15, 0.2) is 30.3 Å². The molecular weight excluding hydrogens is 294 g/mol. The van der Waals surface area contributed by atoms with E-state index < -0.39 is 0 Å². The van der Waals surface area contributed by atoms with E-state index in [4.69, 9.17) is 4.74 Å². The van der Waals surface area contributed by atoms with E-state index in [1.165, 1.54) is 0 Å².